The topological polar surface area (TPSA) is 50.1 Å². The highest BCUT2D eigenvalue weighted by Gasteiger charge is 1.93. The monoisotopic (exact) mass is 167 g/mol. The third-order valence-electron chi connectivity index (χ3n) is 1.34. The van der Waals surface area contributed by atoms with Gasteiger partial charge in [0.15, 0.2) is 0 Å². The molecule has 0 N–H and O–H groups in total. The normalized spacial score (nSPS) is 10.6. The zero-order chi connectivity index (χ0) is 9.40. The van der Waals surface area contributed by atoms with Crippen LogP contribution in [0.25, 0.3) is 0 Å². The summed E-state index contributed by atoms with van der Waals surface area (Å²) < 4.78 is 4.73. The summed E-state index contributed by atoms with van der Waals surface area (Å²) in [6, 6.07) is 2.01. The second-order valence-corrected chi connectivity index (χ2v) is 2.50. The quantitative estimate of drug-likeness (QED) is 0.474. The van der Waals surface area contributed by atoms with Crippen molar-refractivity contribution in [1.82, 2.24) is 0 Å². The van der Waals surface area contributed by atoms with Crippen LogP contribution in [0.1, 0.15) is 26.7 Å². The van der Waals surface area contributed by atoms with Crippen molar-refractivity contribution in [2.75, 3.05) is 6.61 Å². The van der Waals surface area contributed by atoms with Crippen molar-refractivity contribution in [1.29, 1.82) is 5.26 Å². The Kier molecular flexibility index (Phi) is 5.72. The molecule has 0 radical (unpaired) electrons. The van der Waals surface area contributed by atoms with Crippen molar-refractivity contribution in [3.8, 4) is 6.07 Å². The van der Waals surface area contributed by atoms with Gasteiger partial charge in [0.05, 0.1) is 19.1 Å². The van der Waals surface area contributed by atoms with Gasteiger partial charge >= 0.3 is 5.97 Å². The lowest BCUT2D eigenvalue weighted by atomic mass is 10.2. The van der Waals surface area contributed by atoms with E-state index in [9.17, 15) is 4.79 Å². The Morgan fingerprint density at radius 3 is 2.75 bits per heavy atom. The molecule has 0 aromatic carbocycles. The first-order valence-corrected chi connectivity index (χ1v) is 3.82. The van der Waals surface area contributed by atoms with Crippen molar-refractivity contribution in [3.05, 3.63) is 11.6 Å². The number of hydrogen-bond donors (Lipinski definition) is 0. The molecule has 0 saturated carbocycles. The van der Waals surface area contributed by atoms with E-state index < -0.39 is 0 Å². The number of hydrogen-bond acceptors (Lipinski definition) is 3. The predicted octanol–water partition coefficient (Wildman–Crippen LogP) is 1.80. The smallest absolute Gasteiger partial charge is 0.302 e. The van der Waals surface area contributed by atoms with Crippen LogP contribution in [-0.2, 0) is 9.53 Å². The molecular weight excluding hydrogens is 154 g/mol. The number of rotatable bonds is 4. The lowest BCUT2D eigenvalue weighted by Gasteiger charge is -2.00. The standard InChI is InChI=1S/C9H13NO2/c1-8(4-3-6-10)5-7-12-9(2)11/h4H,3,5,7H2,1-2H3/b8-4+. The average molecular weight is 167 g/mol. The fraction of sp³-hybridized carbons (Fsp3) is 0.556. The van der Waals surface area contributed by atoms with Crippen molar-refractivity contribution in [2.45, 2.75) is 26.7 Å². The van der Waals surface area contributed by atoms with Gasteiger partial charge in [0.1, 0.15) is 0 Å². The molecule has 0 spiro atoms. The fourth-order valence-electron chi connectivity index (χ4n) is 0.678. The Labute approximate surface area is 72.6 Å². The molecule has 66 valence electrons. The van der Waals surface area contributed by atoms with Gasteiger partial charge in [-0.3, -0.25) is 4.79 Å². The van der Waals surface area contributed by atoms with E-state index in [1.54, 1.807) is 0 Å². The lowest BCUT2D eigenvalue weighted by Crippen LogP contribution is -2.00. The Hall–Kier alpha value is -1.30. The second-order valence-electron chi connectivity index (χ2n) is 2.50. The first kappa shape index (κ1) is 10.7. The van der Waals surface area contributed by atoms with Crippen molar-refractivity contribution in [3.63, 3.8) is 0 Å². The lowest BCUT2D eigenvalue weighted by molar-refractivity contribution is -0.140. The fourth-order valence-corrected chi connectivity index (χ4v) is 0.678. The third kappa shape index (κ3) is 6.81. The second kappa shape index (κ2) is 6.41. The maximum Gasteiger partial charge on any atom is 0.302 e. The molecule has 3 heteroatoms. The molecule has 0 saturated heterocycles. The molecule has 0 unspecified atom stereocenters. The van der Waals surface area contributed by atoms with Crippen LogP contribution >= 0.6 is 0 Å². The van der Waals surface area contributed by atoms with Gasteiger partial charge in [0, 0.05) is 13.3 Å². The average Bonchev–Trinajstić information content (AvgIpc) is 2.00. The number of nitrogens with zero attached hydrogens (tertiary/aromatic N) is 1. The van der Waals surface area contributed by atoms with Crippen LogP contribution in [-0.4, -0.2) is 12.6 Å². The SMILES string of the molecule is CC(=O)OCC/C(C)=C/CC#N. The molecule has 0 aromatic heterocycles. The predicted molar refractivity (Wildman–Crippen MR) is 45.2 cm³/mol. The van der Waals surface area contributed by atoms with Crippen molar-refractivity contribution < 1.29 is 9.53 Å². The summed E-state index contributed by atoms with van der Waals surface area (Å²) in [5, 5.41) is 8.25. The van der Waals surface area contributed by atoms with E-state index in [0.29, 0.717) is 19.4 Å². The van der Waals surface area contributed by atoms with Crippen molar-refractivity contribution >= 4 is 5.97 Å². The zero-order valence-electron chi connectivity index (χ0n) is 7.46. The van der Waals surface area contributed by atoms with E-state index in [1.165, 1.54) is 6.92 Å². The molecule has 0 amide bonds. The highest BCUT2D eigenvalue weighted by molar-refractivity contribution is 5.65. The minimum atomic E-state index is -0.261. The molecule has 0 aromatic rings. The van der Waals surface area contributed by atoms with Crippen LogP contribution in [0.2, 0.25) is 0 Å². The molecule has 3 nitrogen and oxygen atoms in total. The van der Waals surface area contributed by atoms with Crippen LogP contribution in [0.4, 0.5) is 0 Å². The van der Waals surface area contributed by atoms with Gasteiger partial charge in [-0.2, -0.15) is 5.26 Å². The maximum atomic E-state index is 10.3. The van der Waals surface area contributed by atoms with E-state index in [1.807, 2.05) is 19.1 Å². The van der Waals surface area contributed by atoms with Crippen LogP contribution in [0.15, 0.2) is 11.6 Å². The summed E-state index contributed by atoms with van der Waals surface area (Å²) in [5.41, 5.74) is 1.08. The van der Waals surface area contributed by atoms with E-state index in [0.717, 1.165) is 5.57 Å². The minimum Gasteiger partial charge on any atom is -0.466 e. The number of allylic oxidation sites excluding steroid dienone is 1. The summed E-state index contributed by atoms with van der Waals surface area (Å²) in [6.45, 7) is 3.71. The number of carbonyl (C=O) groups excluding carboxylic acids is 1. The van der Waals surface area contributed by atoms with Gasteiger partial charge < -0.3 is 4.74 Å². The molecule has 0 aliphatic heterocycles. The maximum absolute atomic E-state index is 10.3. The van der Waals surface area contributed by atoms with Gasteiger partial charge in [-0.1, -0.05) is 11.6 Å². The van der Waals surface area contributed by atoms with Crippen LogP contribution in [0, 0.1) is 11.3 Å². The highest BCUT2D eigenvalue weighted by Crippen LogP contribution is 2.01. The van der Waals surface area contributed by atoms with Gasteiger partial charge in [0.2, 0.25) is 0 Å². The summed E-state index contributed by atoms with van der Waals surface area (Å²) in [4.78, 5) is 10.3. The molecule has 12 heavy (non-hydrogen) atoms. The Morgan fingerprint density at radius 1 is 1.58 bits per heavy atom. The number of nitriles is 1. The zero-order valence-corrected chi connectivity index (χ0v) is 7.46. The Morgan fingerprint density at radius 2 is 2.25 bits per heavy atom. The summed E-state index contributed by atoms with van der Waals surface area (Å²) >= 11 is 0. The molecular formula is C9H13NO2. The minimum absolute atomic E-state index is 0.261. The Balaban J connectivity index is 3.51. The molecule has 0 atom stereocenters. The van der Waals surface area contributed by atoms with Crippen molar-refractivity contribution in [2.24, 2.45) is 0 Å². The first-order chi connectivity index (χ1) is 5.66. The third-order valence-corrected chi connectivity index (χ3v) is 1.34. The first-order valence-electron chi connectivity index (χ1n) is 3.82. The molecule has 0 aliphatic carbocycles. The van der Waals surface area contributed by atoms with Gasteiger partial charge in [-0.05, 0) is 6.92 Å². The van der Waals surface area contributed by atoms with Gasteiger partial charge in [-0.25, -0.2) is 0 Å². The van der Waals surface area contributed by atoms with E-state index in [-0.39, 0.29) is 5.97 Å². The molecule has 0 heterocycles. The van der Waals surface area contributed by atoms with Gasteiger partial charge in [0.25, 0.3) is 0 Å². The number of ether oxygens (including phenoxy) is 1. The molecule has 0 bridgehead atoms. The van der Waals surface area contributed by atoms with Crippen LogP contribution < -0.4 is 0 Å². The Bertz CT molecular complexity index is 213. The molecule has 0 fully saturated rings. The van der Waals surface area contributed by atoms with Crippen LogP contribution in [0.5, 0.6) is 0 Å². The summed E-state index contributed by atoms with van der Waals surface area (Å²) in [5.74, 6) is -0.261. The summed E-state index contributed by atoms with van der Waals surface area (Å²) in [7, 11) is 0. The number of esters is 1. The van der Waals surface area contributed by atoms with E-state index >= 15 is 0 Å². The molecule has 0 aliphatic rings. The largest absolute Gasteiger partial charge is 0.466 e. The summed E-state index contributed by atoms with van der Waals surface area (Å²) in [6.07, 6.45) is 2.97. The molecule has 0 rings (SSSR count). The van der Waals surface area contributed by atoms with E-state index in [4.69, 9.17) is 10.00 Å². The van der Waals surface area contributed by atoms with Crippen LogP contribution in [0.3, 0.4) is 0 Å². The number of carbonyl (C=O) groups is 1. The highest BCUT2D eigenvalue weighted by atomic mass is 16.5. The van der Waals surface area contributed by atoms with E-state index in [2.05, 4.69) is 0 Å². The van der Waals surface area contributed by atoms with Gasteiger partial charge in [-0.15, -0.1) is 0 Å².